The first kappa shape index (κ1) is 14.5. The molecule has 2 nitrogen and oxygen atoms in total. The topological polar surface area (TPSA) is 13.3 Å². The minimum Gasteiger partial charge on any atom is -0.497 e. The van der Waals surface area contributed by atoms with Gasteiger partial charge in [0.25, 0.3) is 0 Å². The second kappa shape index (κ2) is 6.17. The highest BCUT2D eigenvalue weighted by Gasteiger charge is 2.07. The quantitative estimate of drug-likeness (QED) is 0.393. The van der Waals surface area contributed by atoms with Crippen molar-refractivity contribution >= 4 is 28.4 Å². The fourth-order valence-electron chi connectivity index (χ4n) is 2.92. The van der Waals surface area contributed by atoms with Gasteiger partial charge in [0.1, 0.15) is 5.75 Å². The molecule has 4 rings (SSSR count). The lowest BCUT2D eigenvalue weighted by molar-refractivity contribution is -0.510. The first-order chi connectivity index (χ1) is 11.8. The fraction of sp³-hybridized carbons (Fsp3) is 0.0455. The van der Waals surface area contributed by atoms with Gasteiger partial charge in [0.2, 0.25) is 5.52 Å². The smallest absolute Gasteiger partial charge is 0.219 e. The van der Waals surface area contributed by atoms with Crippen molar-refractivity contribution in [1.82, 2.24) is 0 Å². The summed E-state index contributed by atoms with van der Waals surface area (Å²) in [4.78, 5) is 0. The third-order valence-electron chi connectivity index (χ3n) is 4.24. The Hall–Kier alpha value is -3.13. The van der Waals surface area contributed by atoms with Crippen LogP contribution in [0.3, 0.4) is 0 Å². The molecule has 0 atom stereocenters. The molecule has 0 aliphatic rings. The summed E-state index contributed by atoms with van der Waals surface area (Å²) >= 11 is 0. The van der Waals surface area contributed by atoms with Crippen molar-refractivity contribution in [3.05, 3.63) is 90.3 Å². The predicted octanol–water partition coefficient (Wildman–Crippen LogP) is 4.76. The van der Waals surface area contributed by atoms with E-state index in [-0.39, 0.29) is 0 Å². The van der Waals surface area contributed by atoms with Gasteiger partial charge < -0.3 is 4.74 Å². The molecular formula is C22H18NO+. The Balaban J connectivity index is 1.73. The van der Waals surface area contributed by atoms with Crippen LogP contribution in [0.4, 0.5) is 0 Å². The third kappa shape index (κ3) is 2.74. The number of methoxy groups -OCH3 is 1. The van der Waals surface area contributed by atoms with E-state index < -0.39 is 0 Å². The zero-order valence-electron chi connectivity index (χ0n) is 13.5. The molecule has 0 aliphatic carbocycles. The Morgan fingerprint density at radius 3 is 2.38 bits per heavy atom. The van der Waals surface area contributed by atoms with E-state index in [1.54, 1.807) is 7.11 Å². The van der Waals surface area contributed by atoms with Gasteiger partial charge in [-0.2, -0.15) is 4.40 Å². The second-order valence-electron chi connectivity index (χ2n) is 5.76. The van der Waals surface area contributed by atoms with Crippen molar-refractivity contribution < 1.29 is 9.14 Å². The highest BCUT2D eigenvalue weighted by atomic mass is 16.5. The fourth-order valence-corrected chi connectivity index (χ4v) is 2.92. The number of fused-ring (bicyclic) bond motifs is 3. The van der Waals surface area contributed by atoms with E-state index in [2.05, 4.69) is 83.5 Å². The van der Waals surface area contributed by atoms with E-state index in [1.807, 2.05) is 12.1 Å². The highest BCUT2D eigenvalue weighted by molar-refractivity contribution is 5.94. The largest absolute Gasteiger partial charge is 0.497 e. The number of hydrogen-bond donors (Lipinski definition) is 0. The van der Waals surface area contributed by atoms with Crippen LogP contribution in [0.1, 0.15) is 11.1 Å². The maximum absolute atomic E-state index is 5.19. The van der Waals surface area contributed by atoms with Crippen LogP contribution < -0.4 is 9.14 Å². The summed E-state index contributed by atoms with van der Waals surface area (Å²) in [5.74, 6) is 0.876. The molecule has 0 saturated heterocycles. The Bertz CT molecular complexity index is 1030. The number of benzene rings is 2. The molecule has 0 saturated carbocycles. The van der Waals surface area contributed by atoms with Crippen molar-refractivity contribution in [2.45, 2.75) is 0 Å². The third-order valence-corrected chi connectivity index (χ3v) is 4.24. The van der Waals surface area contributed by atoms with E-state index in [1.165, 1.54) is 21.9 Å². The predicted molar refractivity (Wildman–Crippen MR) is 99.0 cm³/mol. The van der Waals surface area contributed by atoms with Gasteiger partial charge in [-0.05, 0) is 34.7 Å². The lowest BCUT2D eigenvalue weighted by Gasteiger charge is -2.00. The summed E-state index contributed by atoms with van der Waals surface area (Å²) in [5, 5.41) is 2.52. The number of ether oxygens (including phenoxy) is 1. The lowest BCUT2D eigenvalue weighted by atomic mass is 10.1. The van der Waals surface area contributed by atoms with Crippen LogP contribution in [0.25, 0.3) is 28.4 Å². The maximum atomic E-state index is 5.19. The zero-order chi connectivity index (χ0) is 16.4. The number of nitrogens with zero attached hydrogens (tertiary/aromatic N) is 1. The molecule has 2 aromatic carbocycles. The molecule has 0 N–H and O–H groups in total. The van der Waals surface area contributed by atoms with Gasteiger partial charge in [-0.25, -0.2) is 0 Å². The zero-order valence-corrected chi connectivity index (χ0v) is 13.5. The SMILES string of the molecule is COc1ccc(/C=C/c2cc[n+]3ccc4ccccc4c3c2)cc1. The minimum atomic E-state index is 0.876. The van der Waals surface area contributed by atoms with E-state index >= 15 is 0 Å². The summed E-state index contributed by atoms with van der Waals surface area (Å²) < 4.78 is 7.35. The van der Waals surface area contributed by atoms with Crippen LogP contribution in [-0.2, 0) is 0 Å². The molecule has 0 unspecified atom stereocenters. The Morgan fingerprint density at radius 1 is 0.792 bits per heavy atom. The van der Waals surface area contributed by atoms with Gasteiger partial charge in [-0.1, -0.05) is 42.5 Å². The summed E-state index contributed by atoms with van der Waals surface area (Å²) in [6.45, 7) is 0. The molecule has 0 amide bonds. The molecule has 0 bridgehead atoms. The number of aromatic nitrogens is 1. The average Bonchev–Trinajstić information content (AvgIpc) is 2.66. The Kier molecular flexibility index (Phi) is 3.72. The van der Waals surface area contributed by atoms with Crippen LogP contribution in [-0.4, -0.2) is 7.11 Å². The minimum absolute atomic E-state index is 0.876. The van der Waals surface area contributed by atoms with Crippen LogP contribution in [0.5, 0.6) is 5.75 Å². The molecular weight excluding hydrogens is 294 g/mol. The molecule has 0 spiro atoms. The summed E-state index contributed by atoms with van der Waals surface area (Å²) in [6.07, 6.45) is 8.48. The molecule has 0 radical (unpaired) electrons. The first-order valence-corrected chi connectivity index (χ1v) is 7.98. The molecule has 2 heterocycles. The van der Waals surface area contributed by atoms with Crippen LogP contribution >= 0.6 is 0 Å². The molecule has 4 aromatic rings. The Labute approximate surface area is 141 Å². The number of rotatable bonds is 3. The second-order valence-corrected chi connectivity index (χ2v) is 5.76. The van der Waals surface area contributed by atoms with Crippen molar-refractivity contribution in [2.75, 3.05) is 7.11 Å². The summed E-state index contributed by atoms with van der Waals surface area (Å²) in [5.41, 5.74) is 3.55. The van der Waals surface area contributed by atoms with E-state index in [9.17, 15) is 0 Å². The van der Waals surface area contributed by atoms with Crippen molar-refractivity contribution in [1.29, 1.82) is 0 Å². The van der Waals surface area contributed by atoms with Gasteiger partial charge in [0, 0.05) is 18.2 Å². The number of pyridine rings is 2. The maximum Gasteiger partial charge on any atom is 0.219 e. The molecule has 2 heteroatoms. The van der Waals surface area contributed by atoms with Crippen LogP contribution in [0.15, 0.2) is 79.1 Å². The number of hydrogen-bond acceptors (Lipinski definition) is 1. The van der Waals surface area contributed by atoms with Crippen molar-refractivity contribution in [3.8, 4) is 5.75 Å². The summed E-state index contributed by atoms with van der Waals surface area (Å²) in [6, 6.07) is 23.0. The van der Waals surface area contributed by atoms with Gasteiger partial charge in [0.15, 0.2) is 12.4 Å². The van der Waals surface area contributed by atoms with Crippen molar-refractivity contribution in [2.24, 2.45) is 0 Å². The van der Waals surface area contributed by atoms with Gasteiger partial charge in [-0.3, -0.25) is 0 Å². The van der Waals surface area contributed by atoms with E-state index in [4.69, 9.17) is 4.74 Å². The molecule has 2 aromatic heterocycles. The standard InChI is InChI=1S/C22H18NO/c1-24-20-10-8-17(9-11-20)6-7-18-12-14-23-15-13-19-4-2-3-5-21(19)22(23)16-18/h2-16H,1H3/q+1/b7-6+. The van der Waals surface area contributed by atoms with E-state index in [0.29, 0.717) is 0 Å². The summed E-state index contributed by atoms with van der Waals surface area (Å²) in [7, 11) is 1.68. The van der Waals surface area contributed by atoms with E-state index in [0.717, 1.165) is 11.3 Å². The lowest BCUT2D eigenvalue weighted by Crippen LogP contribution is -2.20. The highest BCUT2D eigenvalue weighted by Crippen LogP contribution is 2.19. The van der Waals surface area contributed by atoms with Crippen molar-refractivity contribution in [3.63, 3.8) is 0 Å². The monoisotopic (exact) mass is 312 g/mol. The first-order valence-electron chi connectivity index (χ1n) is 7.98. The normalized spacial score (nSPS) is 11.4. The molecule has 0 aliphatic heterocycles. The van der Waals surface area contributed by atoms with Crippen LogP contribution in [0, 0.1) is 0 Å². The average molecular weight is 312 g/mol. The molecule has 24 heavy (non-hydrogen) atoms. The van der Waals surface area contributed by atoms with Gasteiger partial charge in [0.05, 0.1) is 12.5 Å². The Morgan fingerprint density at radius 2 is 1.54 bits per heavy atom. The van der Waals surface area contributed by atoms with Gasteiger partial charge >= 0.3 is 0 Å². The van der Waals surface area contributed by atoms with Crippen LogP contribution in [0.2, 0.25) is 0 Å². The molecule has 116 valence electrons. The van der Waals surface area contributed by atoms with Gasteiger partial charge in [-0.15, -0.1) is 0 Å². The molecule has 0 fully saturated rings.